The summed E-state index contributed by atoms with van der Waals surface area (Å²) in [5.74, 6) is 0.641. The monoisotopic (exact) mass is 239 g/mol. The van der Waals surface area contributed by atoms with Crippen LogP contribution in [0.2, 0.25) is 0 Å². The number of nitrogens with one attached hydrogen (secondary N) is 3. The predicted octanol–water partition coefficient (Wildman–Crippen LogP) is -0.420. The van der Waals surface area contributed by atoms with Crippen LogP contribution in [-0.2, 0) is 6.54 Å². The number of aliphatic hydroxyl groups excluding tert-OH is 1. The molecule has 1 aromatic rings. The Kier molecular flexibility index (Phi) is 7.20. The lowest BCUT2D eigenvalue weighted by Crippen LogP contribution is -2.23. The molecule has 0 radical (unpaired) electrons. The number of rotatable bonds is 9. The summed E-state index contributed by atoms with van der Waals surface area (Å²) in [6.45, 7) is 3.50. The summed E-state index contributed by atoms with van der Waals surface area (Å²) in [5.41, 5.74) is 1.08. The molecule has 0 aliphatic carbocycles. The molecule has 0 aliphatic rings. The number of hydrogen-bond acceptors (Lipinski definition) is 6. The van der Waals surface area contributed by atoms with Crippen LogP contribution in [0.5, 0.6) is 0 Å². The molecule has 0 fully saturated rings. The van der Waals surface area contributed by atoms with Gasteiger partial charge in [-0.3, -0.25) is 0 Å². The summed E-state index contributed by atoms with van der Waals surface area (Å²) in [6, 6.07) is 0. The van der Waals surface area contributed by atoms with Crippen molar-refractivity contribution >= 4 is 5.95 Å². The summed E-state index contributed by atoms with van der Waals surface area (Å²) < 4.78 is 0. The molecule has 0 atom stereocenters. The lowest BCUT2D eigenvalue weighted by molar-refractivity contribution is 0.292. The average molecular weight is 239 g/mol. The Morgan fingerprint density at radius 2 is 1.82 bits per heavy atom. The van der Waals surface area contributed by atoms with Crippen LogP contribution in [0.25, 0.3) is 0 Å². The second-order valence-electron chi connectivity index (χ2n) is 3.67. The molecule has 96 valence electrons. The third-order valence-corrected chi connectivity index (χ3v) is 2.25. The van der Waals surface area contributed by atoms with Crippen molar-refractivity contribution in [3.05, 3.63) is 18.0 Å². The Labute approximate surface area is 102 Å². The fraction of sp³-hybridized carbons (Fsp3) is 0.636. The van der Waals surface area contributed by atoms with Gasteiger partial charge in [-0.25, -0.2) is 9.97 Å². The SMILES string of the molecule is CNc1ncc(CNCCCNCCO)cn1. The van der Waals surface area contributed by atoms with E-state index in [1.807, 2.05) is 12.4 Å². The van der Waals surface area contributed by atoms with E-state index in [0.29, 0.717) is 12.5 Å². The molecule has 0 aromatic carbocycles. The second kappa shape index (κ2) is 8.86. The van der Waals surface area contributed by atoms with Gasteiger partial charge < -0.3 is 21.1 Å². The Morgan fingerprint density at radius 1 is 1.12 bits per heavy atom. The normalized spacial score (nSPS) is 10.5. The molecule has 4 N–H and O–H groups in total. The summed E-state index contributed by atoms with van der Waals surface area (Å²) in [6.07, 6.45) is 4.67. The topological polar surface area (TPSA) is 82.1 Å². The smallest absolute Gasteiger partial charge is 0.222 e. The summed E-state index contributed by atoms with van der Waals surface area (Å²) in [4.78, 5) is 8.27. The van der Waals surface area contributed by atoms with Crippen LogP contribution in [-0.4, -0.2) is 48.4 Å². The van der Waals surface area contributed by atoms with Gasteiger partial charge in [-0.05, 0) is 19.5 Å². The van der Waals surface area contributed by atoms with Crippen LogP contribution in [0.4, 0.5) is 5.95 Å². The van der Waals surface area contributed by atoms with Crippen molar-refractivity contribution in [2.45, 2.75) is 13.0 Å². The molecule has 0 saturated heterocycles. The fourth-order valence-electron chi connectivity index (χ4n) is 1.35. The zero-order valence-electron chi connectivity index (χ0n) is 10.2. The first-order chi connectivity index (χ1) is 8.36. The van der Waals surface area contributed by atoms with E-state index in [2.05, 4.69) is 25.9 Å². The van der Waals surface area contributed by atoms with Gasteiger partial charge in [-0.15, -0.1) is 0 Å². The van der Waals surface area contributed by atoms with Crippen LogP contribution in [0.1, 0.15) is 12.0 Å². The standard InChI is InChI=1S/C11H21N5O/c1-12-11-15-8-10(9-16-11)7-14-4-2-3-13-5-6-17/h8-9,13-14,17H,2-7H2,1H3,(H,12,15,16). The maximum atomic E-state index is 8.56. The van der Waals surface area contributed by atoms with E-state index in [9.17, 15) is 0 Å². The van der Waals surface area contributed by atoms with Crippen molar-refractivity contribution in [2.24, 2.45) is 0 Å². The highest BCUT2D eigenvalue weighted by molar-refractivity contribution is 5.22. The van der Waals surface area contributed by atoms with Gasteiger partial charge in [-0.1, -0.05) is 0 Å². The van der Waals surface area contributed by atoms with E-state index in [1.165, 1.54) is 0 Å². The van der Waals surface area contributed by atoms with Crippen molar-refractivity contribution < 1.29 is 5.11 Å². The molecule has 0 spiro atoms. The van der Waals surface area contributed by atoms with Crippen LogP contribution in [0, 0.1) is 0 Å². The molecule has 17 heavy (non-hydrogen) atoms. The van der Waals surface area contributed by atoms with Crippen molar-refractivity contribution in [1.29, 1.82) is 0 Å². The molecule has 1 heterocycles. The van der Waals surface area contributed by atoms with Gasteiger partial charge in [0.2, 0.25) is 5.95 Å². The molecular formula is C11H21N5O. The third-order valence-electron chi connectivity index (χ3n) is 2.25. The molecular weight excluding hydrogens is 218 g/mol. The summed E-state index contributed by atoms with van der Waals surface area (Å²) in [7, 11) is 1.80. The Morgan fingerprint density at radius 3 is 2.47 bits per heavy atom. The Balaban J connectivity index is 2.05. The highest BCUT2D eigenvalue weighted by Crippen LogP contribution is 1.98. The molecule has 0 amide bonds. The minimum Gasteiger partial charge on any atom is -0.395 e. The van der Waals surface area contributed by atoms with Crippen molar-refractivity contribution in [3.63, 3.8) is 0 Å². The lowest BCUT2D eigenvalue weighted by Gasteiger charge is -2.05. The van der Waals surface area contributed by atoms with Gasteiger partial charge in [0.25, 0.3) is 0 Å². The van der Waals surface area contributed by atoms with Crippen LogP contribution in [0.15, 0.2) is 12.4 Å². The molecule has 6 nitrogen and oxygen atoms in total. The molecule has 1 rings (SSSR count). The van der Waals surface area contributed by atoms with E-state index < -0.39 is 0 Å². The zero-order chi connectivity index (χ0) is 12.3. The maximum Gasteiger partial charge on any atom is 0.222 e. The van der Waals surface area contributed by atoms with Gasteiger partial charge in [0, 0.05) is 38.1 Å². The lowest BCUT2D eigenvalue weighted by atomic mass is 10.3. The predicted molar refractivity (Wildman–Crippen MR) is 67.9 cm³/mol. The maximum absolute atomic E-state index is 8.56. The van der Waals surface area contributed by atoms with Gasteiger partial charge in [0.1, 0.15) is 0 Å². The van der Waals surface area contributed by atoms with Gasteiger partial charge in [-0.2, -0.15) is 0 Å². The van der Waals surface area contributed by atoms with Gasteiger partial charge in [0.15, 0.2) is 0 Å². The number of hydrogen-bond donors (Lipinski definition) is 4. The summed E-state index contributed by atoms with van der Waals surface area (Å²) in [5, 5.41) is 17.9. The first-order valence-electron chi connectivity index (χ1n) is 5.87. The van der Waals surface area contributed by atoms with Crippen molar-refractivity contribution in [3.8, 4) is 0 Å². The molecule has 1 aromatic heterocycles. The third kappa shape index (κ3) is 6.15. The van der Waals surface area contributed by atoms with E-state index in [0.717, 1.165) is 31.6 Å². The zero-order valence-corrected chi connectivity index (χ0v) is 10.2. The quantitative estimate of drug-likeness (QED) is 0.438. The van der Waals surface area contributed by atoms with E-state index in [1.54, 1.807) is 7.05 Å². The van der Waals surface area contributed by atoms with Crippen LogP contribution < -0.4 is 16.0 Å². The minimum atomic E-state index is 0.197. The molecule has 0 unspecified atom stereocenters. The van der Waals surface area contributed by atoms with Gasteiger partial charge >= 0.3 is 0 Å². The molecule has 0 saturated carbocycles. The van der Waals surface area contributed by atoms with Crippen molar-refractivity contribution in [1.82, 2.24) is 20.6 Å². The number of anilines is 1. The first-order valence-corrected chi connectivity index (χ1v) is 5.87. The first kappa shape index (κ1) is 13.8. The molecule has 0 aliphatic heterocycles. The highest BCUT2D eigenvalue weighted by Gasteiger charge is 1.95. The largest absolute Gasteiger partial charge is 0.395 e. The number of aromatic nitrogens is 2. The number of nitrogens with zero attached hydrogens (tertiary/aromatic N) is 2. The van der Waals surface area contributed by atoms with Crippen LogP contribution in [0.3, 0.4) is 0 Å². The van der Waals surface area contributed by atoms with Gasteiger partial charge in [0.05, 0.1) is 6.61 Å². The fourth-order valence-corrected chi connectivity index (χ4v) is 1.35. The van der Waals surface area contributed by atoms with E-state index >= 15 is 0 Å². The van der Waals surface area contributed by atoms with E-state index in [-0.39, 0.29) is 6.61 Å². The van der Waals surface area contributed by atoms with Crippen LogP contribution >= 0.6 is 0 Å². The summed E-state index contributed by atoms with van der Waals surface area (Å²) >= 11 is 0. The molecule has 0 bridgehead atoms. The van der Waals surface area contributed by atoms with Crippen molar-refractivity contribution in [2.75, 3.05) is 38.6 Å². The molecule has 6 heteroatoms. The minimum absolute atomic E-state index is 0.197. The number of aliphatic hydroxyl groups is 1. The Bertz CT molecular complexity index is 290. The van der Waals surface area contributed by atoms with E-state index in [4.69, 9.17) is 5.11 Å². The highest BCUT2D eigenvalue weighted by atomic mass is 16.3. The second-order valence-corrected chi connectivity index (χ2v) is 3.67. The Hall–Kier alpha value is -1.24. The average Bonchev–Trinajstić information content (AvgIpc) is 2.38.